The lowest BCUT2D eigenvalue weighted by molar-refractivity contribution is -0.127. The van der Waals surface area contributed by atoms with Gasteiger partial charge < -0.3 is 10.6 Å². The van der Waals surface area contributed by atoms with Crippen molar-refractivity contribution < 1.29 is 4.79 Å². The highest BCUT2D eigenvalue weighted by molar-refractivity contribution is 6.35. The summed E-state index contributed by atoms with van der Waals surface area (Å²) in [5.41, 5.74) is 0.652. The van der Waals surface area contributed by atoms with Gasteiger partial charge in [-0.3, -0.25) is 4.79 Å². The van der Waals surface area contributed by atoms with Crippen molar-refractivity contribution in [2.24, 2.45) is 5.92 Å². The normalized spacial score (nSPS) is 19.3. The van der Waals surface area contributed by atoms with Crippen molar-refractivity contribution in [3.8, 4) is 0 Å². The van der Waals surface area contributed by atoms with E-state index in [9.17, 15) is 4.79 Å². The highest BCUT2D eigenvalue weighted by Crippen LogP contribution is 2.25. The van der Waals surface area contributed by atoms with Crippen molar-refractivity contribution in [3.63, 3.8) is 0 Å². The Bertz CT molecular complexity index is 511. The van der Waals surface area contributed by atoms with Gasteiger partial charge in [0.25, 0.3) is 0 Å². The van der Waals surface area contributed by atoms with E-state index < -0.39 is 0 Å². The lowest BCUT2D eigenvalue weighted by Gasteiger charge is -2.30. The monoisotopic (exact) mass is 328 g/mol. The molecule has 21 heavy (non-hydrogen) atoms. The molecule has 116 valence electrons. The second-order valence-electron chi connectivity index (χ2n) is 6.33. The number of hydrogen-bond donors (Lipinski definition) is 2. The molecule has 1 atom stereocenters. The van der Waals surface area contributed by atoms with E-state index in [1.165, 1.54) is 0 Å². The molecule has 1 aliphatic heterocycles. The molecule has 0 bridgehead atoms. The average Bonchev–Trinajstić information content (AvgIpc) is 2.42. The predicted molar refractivity (Wildman–Crippen MR) is 88.0 cm³/mol. The summed E-state index contributed by atoms with van der Waals surface area (Å²) in [6.07, 6.45) is 2.69. The Hall–Kier alpha value is -0.770. The molecule has 1 aromatic carbocycles. The zero-order valence-corrected chi connectivity index (χ0v) is 14.0. The molecule has 0 aliphatic carbocycles. The summed E-state index contributed by atoms with van der Waals surface area (Å²) >= 11 is 12.1. The molecule has 1 heterocycles. The average molecular weight is 329 g/mol. The van der Waals surface area contributed by atoms with E-state index in [1.807, 2.05) is 26.0 Å². The summed E-state index contributed by atoms with van der Waals surface area (Å²) < 4.78 is 0. The fourth-order valence-corrected chi connectivity index (χ4v) is 3.17. The van der Waals surface area contributed by atoms with E-state index in [4.69, 9.17) is 23.2 Å². The smallest absolute Gasteiger partial charge is 0.224 e. The van der Waals surface area contributed by atoms with Gasteiger partial charge in [-0.25, -0.2) is 0 Å². The molecular formula is C16H22Cl2N2O. The molecular weight excluding hydrogens is 307 g/mol. The van der Waals surface area contributed by atoms with E-state index in [-0.39, 0.29) is 17.4 Å². The number of hydrogen-bond acceptors (Lipinski definition) is 2. The lowest BCUT2D eigenvalue weighted by Crippen LogP contribution is -2.50. The van der Waals surface area contributed by atoms with Crippen molar-refractivity contribution in [1.82, 2.24) is 10.6 Å². The van der Waals surface area contributed by atoms with Crippen LogP contribution in [-0.2, 0) is 11.2 Å². The second-order valence-corrected chi connectivity index (χ2v) is 7.17. The maximum atomic E-state index is 12.3. The number of halogens is 2. The third-order valence-electron chi connectivity index (χ3n) is 3.78. The van der Waals surface area contributed by atoms with Gasteiger partial charge in [0.15, 0.2) is 0 Å². The minimum atomic E-state index is -0.341. The van der Waals surface area contributed by atoms with Crippen molar-refractivity contribution in [2.45, 2.75) is 38.6 Å². The molecule has 1 fully saturated rings. The highest BCUT2D eigenvalue weighted by atomic mass is 35.5. The van der Waals surface area contributed by atoms with Crippen LogP contribution in [0.4, 0.5) is 0 Å². The number of nitrogens with one attached hydrogen (secondary N) is 2. The standard InChI is InChI=1S/C16H22Cl2N2O/c1-16(2,9-11-5-6-13(17)8-14(11)18)20-15(21)12-4-3-7-19-10-12/h5-6,8,12,19H,3-4,7,9-10H2,1-2H3,(H,20,21). The quantitative estimate of drug-likeness (QED) is 0.889. The predicted octanol–water partition coefficient (Wildman–Crippen LogP) is 3.43. The molecule has 1 amide bonds. The Morgan fingerprint density at radius 3 is 2.81 bits per heavy atom. The molecule has 0 spiro atoms. The van der Waals surface area contributed by atoms with E-state index in [1.54, 1.807) is 6.07 Å². The van der Waals surface area contributed by atoms with Gasteiger partial charge in [-0.15, -0.1) is 0 Å². The third kappa shape index (κ3) is 4.87. The third-order valence-corrected chi connectivity index (χ3v) is 4.36. The summed E-state index contributed by atoms with van der Waals surface area (Å²) in [6, 6.07) is 5.48. The fourth-order valence-electron chi connectivity index (χ4n) is 2.70. The number of rotatable bonds is 4. The molecule has 1 aromatic rings. The van der Waals surface area contributed by atoms with Crippen LogP contribution in [0, 0.1) is 5.92 Å². The SMILES string of the molecule is CC(C)(Cc1ccc(Cl)cc1Cl)NC(=O)C1CCCNC1. The highest BCUT2D eigenvalue weighted by Gasteiger charge is 2.27. The Labute approximate surface area is 136 Å². The Morgan fingerprint density at radius 1 is 1.43 bits per heavy atom. The number of carbonyl (C=O) groups excluding carboxylic acids is 1. The van der Waals surface area contributed by atoms with Crippen molar-refractivity contribution in [3.05, 3.63) is 33.8 Å². The molecule has 2 rings (SSSR count). The first-order valence-electron chi connectivity index (χ1n) is 7.34. The first kappa shape index (κ1) is 16.6. The molecule has 1 unspecified atom stereocenters. The minimum absolute atomic E-state index is 0.0683. The molecule has 1 aliphatic rings. The van der Waals surface area contributed by atoms with Crippen LogP contribution in [0.3, 0.4) is 0 Å². The van der Waals surface area contributed by atoms with Crippen LogP contribution in [-0.4, -0.2) is 24.5 Å². The van der Waals surface area contributed by atoms with Crippen LogP contribution >= 0.6 is 23.2 Å². The molecule has 0 aromatic heterocycles. The van der Waals surface area contributed by atoms with Crippen LogP contribution in [0.15, 0.2) is 18.2 Å². The van der Waals surface area contributed by atoms with E-state index in [0.717, 1.165) is 31.5 Å². The summed E-state index contributed by atoms with van der Waals surface area (Å²) in [5.74, 6) is 0.191. The van der Waals surface area contributed by atoms with Crippen LogP contribution in [0.2, 0.25) is 10.0 Å². The number of piperidine rings is 1. The van der Waals surface area contributed by atoms with E-state index in [2.05, 4.69) is 10.6 Å². The van der Waals surface area contributed by atoms with Gasteiger partial charge in [0, 0.05) is 22.1 Å². The number of benzene rings is 1. The van der Waals surface area contributed by atoms with E-state index in [0.29, 0.717) is 16.5 Å². The van der Waals surface area contributed by atoms with Gasteiger partial charge in [-0.2, -0.15) is 0 Å². The Morgan fingerprint density at radius 2 is 2.19 bits per heavy atom. The van der Waals surface area contributed by atoms with Gasteiger partial charge in [0.1, 0.15) is 0 Å². The lowest BCUT2D eigenvalue weighted by atomic mass is 9.92. The van der Waals surface area contributed by atoms with Crippen LogP contribution < -0.4 is 10.6 Å². The summed E-state index contributed by atoms with van der Waals surface area (Å²) in [5, 5.41) is 7.68. The largest absolute Gasteiger partial charge is 0.351 e. The van der Waals surface area contributed by atoms with Crippen LogP contribution in [0.25, 0.3) is 0 Å². The van der Waals surface area contributed by atoms with Crippen molar-refractivity contribution >= 4 is 29.1 Å². The molecule has 2 N–H and O–H groups in total. The summed E-state index contributed by atoms with van der Waals surface area (Å²) in [7, 11) is 0. The Balaban J connectivity index is 1.98. The zero-order valence-electron chi connectivity index (χ0n) is 12.5. The topological polar surface area (TPSA) is 41.1 Å². The number of carbonyl (C=O) groups is 1. The fraction of sp³-hybridized carbons (Fsp3) is 0.562. The molecule has 3 nitrogen and oxygen atoms in total. The molecule has 1 saturated heterocycles. The van der Waals surface area contributed by atoms with Crippen molar-refractivity contribution in [2.75, 3.05) is 13.1 Å². The van der Waals surface area contributed by atoms with Gasteiger partial charge in [0.05, 0.1) is 5.92 Å². The van der Waals surface area contributed by atoms with Crippen LogP contribution in [0.1, 0.15) is 32.3 Å². The first-order chi connectivity index (χ1) is 9.87. The van der Waals surface area contributed by atoms with Gasteiger partial charge >= 0.3 is 0 Å². The summed E-state index contributed by atoms with van der Waals surface area (Å²) in [4.78, 5) is 12.3. The summed E-state index contributed by atoms with van der Waals surface area (Å²) in [6.45, 7) is 5.81. The molecule has 5 heteroatoms. The maximum absolute atomic E-state index is 12.3. The zero-order chi connectivity index (χ0) is 15.5. The first-order valence-corrected chi connectivity index (χ1v) is 8.10. The molecule has 0 saturated carbocycles. The maximum Gasteiger partial charge on any atom is 0.224 e. The van der Waals surface area contributed by atoms with Crippen LogP contribution in [0.5, 0.6) is 0 Å². The van der Waals surface area contributed by atoms with Crippen molar-refractivity contribution in [1.29, 1.82) is 0 Å². The molecule has 0 radical (unpaired) electrons. The Kier molecular flexibility index (Phi) is 5.53. The second kappa shape index (κ2) is 6.99. The van der Waals surface area contributed by atoms with E-state index >= 15 is 0 Å². The minimum Gasteiger partial charge on any atom is -0.351 e. The van der Waals surface area contributed by atoms with Gasteiger partial charge in [-0.1, -0.05) is 29.3 Å². The number of amides is 1. The van der Waals surface area contributed by atoms with Gasteiger partial charge in [0.2, 0.25) is 5.91 Å². The van der Waals surface area contributed by atoms with Gasteiger partial charge in [-0.05, 0) is 57.4 Å².